The molecule has 0 radical (unpaired) electrons. The van der Waals surface area contributed by atoms with Crippen LogP contribution in [0.3, 0.4) is 0 Å². The van der Waals surface area contributed by atoms with Crippen molar-refractivity contribution in [3.8, 4) is 11.5 Å². The lowest BCUT2D eigenvalue weighted by atomic mass is 9.93. The first-order chi connectivity index (χ1) is 16.2. The fourth-order valence-corrected chi connectivity index (χ4v) is 4.55. The van der Waals surface area contributed by atoms with Crippen LogP contribution in [-0.4, -0.2) is 40.0 Å². The lowest BCUT2D eigenvalue weighted by molar-refractivity contribution is 0.0785. The molecule has 0 saturated heterocycles. The van der Waals surface area contributed by atoms with Gasteiger partial charge < -0.3 is 20.0 Å². The fourth-order valence-electron chi connectivity index (χ4n) is 4.23. The third-order valence-electron chi connectivity index (χ3n) is 6.04. The lowest BCUT2D eigenvalue weighted by Crippen LogP contribution is -2.42. The van der Waals surface area contributed by atoms with Gasteiger partial charge in [-0.25, -0.2) is 0 Å². The van der Waals surface area contributed by atoms with Crippen molar-refractivity contribution in [2.75, 3.05) is 11.9 Å². The number of phenols is 2. The molecule has 0 spiro atoms. The summed E-state index contributed by atoms with van der Waals surface area (Å²) in [5, 5.41) is 20.6. The van der Waals surface area contributed by atoms with Gasteiger partial charge >= 0.3 is 0 Å². The third kappa shape index (κ3) is 4.69. The van der Waals surface area contributed by atoms with E-state index in [1.54, 1.807) is 41.1 Å². The van der Waals surface area contributed by atoms with Crippen molar-refractivity contribution < 1.29 is 19.8 Å². The average molecular weight is 499 g/mol. The first-order valence-corrected chi connectivity index (χ1v) is 11.6. The number of benzene rings is 3. The molecule has 3 aromatic rings. The number of aromatic hydroxyl groups is 2. The van der Waals surface area contributed by atoms with E-state index in [0.29, 0.717) is 34.3 Å². The van der Waals surface area contributed by atoms with E-state index in [4.69, 9.17) is 23.2 Å². The number of nitrogens with zero attached hydrogens (tertiary/aromatic N) is 2. The standard InChI is InChI=1S/C26H24Cl2N2O4/c1-15-3-5-17-12-18(25(33)29(2)14-16-4-9-21(27)22(28)11-16)6-10-23(17)30(15)26(34)20-8-7-19(31)13-24(20)32/h4,6-13,15,31-32H,3,5,14H2,1-2H3. The van der Waals surface area contributed by atoms with E-state index >= 15 is 0 Å². The number of rotatable bonds is 4. The van der Waals surface area contributed by atoms with E-state index in [2.05, 4.69) is 0 Å². The van der Waals surface area contributed by atoms with Gasteiger partial charge in [-0.15, -0.1) is 0 Å². The molecule has 2 N–H and O–H groups in total. The molecule has 1 aliphatic heterocycles. The minimum Gasteiger partial charge on any atom is -0.508 e. The SMILES string of the molecule is CC1CCc2cc(C(=O)N(C)Cc3ccc(Cl)c(Cl)c3)ccc2N1C(=O)c1ccc(O)cc1O. The molecule has 1 aliphatic rings. The molecule has 6 nitrogen and oxygen atoms in total. The summed E-state index contributed by atoms with van der Waals surface area (Å²) in [6.45, 7) is 2.32. The van der Waals surface area contributed by atoms with Crippen molar-refractivity contribution >= 4 is 40.7 Å². The summed E-state index contributed by atoms with van der Waals surface area (Å²) in [5.74, 6) is -0.905. The van der Waals surface area contributed by atoms with Gasteiger partial charge in [0.1, 0.15) is 11.5 Å². The van der Waals surface area contributed by atoms with Crippen molar-refractivity contribution in [1.29, 1.82) is 0 Å². The second-order valence-corrected chi connectivity index (χ2v) is 9.33. The number of carbonyl (C=O) groups is 2. The maximum absolute atomic E-state index is 13.3. The van der Waals surface area contributed by atoms with Crippen LogP contribution in [0.4, 0.5) is 5.69 Å². The molecule has 1 atom stereocenters. The molecule has 4 rings (SSSR count). The summed E-state index contributed by atoms with van der Waals surface area (Å²) >= 11 is 12.1. The van der Waals surface area contributed by atoms with Crippen molar-refractivity contribution in [2.24, 2.45) is 0 Å². The maximum atomic E-state index is 13.3. The highest BCUT2D eigenvalue weighted by Crippen LogP contribution is 2.35. The maximum Gasteiger partial charge on any atom is 0.262 e. The number of anilines is 1. The van der Waals surface area contributed by atoms with Crippen LogP contribution in [0.5, 0.6) is 11.5 Å². The van der Waals surface area contributed by atoms with E-state index in [9.17, 15) is 19.8 Å². The van der Waals surface area contributed by atoms with Crippen LogP contribution < -0.4 is 4.90 Å². The van der Waals surface area contributed by atoms with Crippen LogP contribution >= 0.6 is 23.2 Å². The number of phenolic OH excluding ortho intramolecular Hbond substituents is 2. The van der Waals surface area contributed by atoms with Gasteiger partial charge in [0.25, 0.3) is 11.8 Å². The normalized spacial score (nSPS) is 15.1. The molecule has 1 heterocycles. The van der Waals surface area contributed by atoms with Crippen LogP contribution in [0.2, 0.25) is 10.0 Å². The summed E-state index contributed by atoms with van der Waals surface area (Å²) in [6.07, 6.45) is 1.44. The molecule has 0 fully saturated rings. The molecule has 0 aliphatic carbocycles. The smallest absolute Gasteiger partial charge is 0.262 e. The van der Waals surface area contributed by atoms with Crippen molar-refractivity contribution in [3.05, 3.63) is 86.9 Å². The van der Waals surface area contributed by atoms with Crippen LogP contribution in [0.15, 0.2) is 54.6 Å². The minimum absolute atomic E-state index is 0.0907. The van der Waals surface area contributed by atoms with Gasteiger partial charge in [-0.3, -0.25) is 9.59 Å². The highest BCUT2D eigenvalue weighted by molar-refractivity contribution is 6.42. The van der Waals surface area contributed by atoms with Gasteiger partial charge in [0.2, 0.25) is 0 Å². The Kier molecular flexibility index (Phi) is 6.73. The van der Waals surface area contributed by atoms with Crippen LogP contribution in [0.25, 0.3) is 0 Å². The van der Waals surface area contributed by atoms with E-state index in [1.165, 1.54) is 12.1 Å². The Bertz CT molecular complexity index is 1280. The van der Waals surface area contributed by atoms with Crippen LogP contribution in [-0.2, 0) is 13.0 Å². The van der Waals surface area contributed by atoms with Gasteiger partial charge in [-0.1, -0.05) is 29.3 Å². The molecule has 1 unspecified atom stereocenters. The van der Waals surface area contributed by atoms with Crippen LogP contribution in [0, 0.1) is 0 Å². The van der Waals surface area contributed by atoms with Gasteiger partial charge in [0.15, 0.2) is 0 Å². The van der Waals surface area contributed by atoms with E-state index in [0.717, 1.165) is 23.6 Å². The summed E-state index contributed by atoms with van der Waals surface area (Å²) < 4.78 is 0. The topological polar surface area (TPSA) is 81.1 Å². The lowest BCUT2D eigenvalue weighted by Gasteiger charge is -2.36. The summed E-state index contributed by atoms with van der Waals surface area (Å²) in [4.78, 5) is 29.6. The molecule has 34 heavy (non-hydrogen) atoms. The van der Waals surface area contributed by atoms with E-state index < -0.39 is 0 Å². The number of amides is 2. The number of aryl methyl sites for hydroxylation is 1. The third-order valence-corrected chi connectivity index (χ3v) is 6.78. The predicted octanol–water partition coefficient (Wildman–Crippen LogP) is 5.66. The Balaban J connectivity index is 1.58. The number of halogens is 2. The molecule has 8 heteroatoms. The molecule has 3 aromatic carbocycles. The number of hydrogen-bond acceptors (Lipinski definition) is 4. The van der Waals surface area contributed by atoms with E-state index in [1.807, 2.05) is 19.1 Å². The monoisotopic (exact) mass is 498 g/mol. The van der Waals surface area contributed by atoms with Crippen molar-refractivity contribution in [2.45, 2.75) is 32.4 Å². The number of hydrogen-bond donors (Lipinski definition) is 2. The quantitative estimate of drug-likeness (QED) is 0.486. The number of fused-ring (bicyclic) bond motifs is 1. The largest absolute Gasteiger partial charge is 0.508 e. The zero-order chi connectivity index (χ0) is 24.6. The zero-order valence-electron chi connectivity index (χ0n) is 18.8. The molecule has 0 saturated carbocycles. The minimum atomic E-state index is -0.359. The van der Waals surface area contributed by atoms with Gasteiger partial charge in [-0.05, 0) is 73.4 Å². The van der Waals surface area contributed by atoms with E-state index in [-0.39, 0.29) is 34.9 Å². The average Bonchev–Trinajstić information content (AvgIpc) is 2.80. The Morgan fingerprint density at radius 1 is 1.03 bits per heavy atom. The van der Waals surface area contributed by atoms with Gasteiger partial charge in [0.05, 0.1) is 15.6 Å². The Labute approximate surface area is 207 Å². The van der Waals surface area contributed by atoms with Gasteiger partial charge in [0, 0.05) is 37.0 Å². The molecular formula is C26H24Cl2N2O4. The summed E-state index contributed by atoms with van der Waals surface area (Å²) in [7, 11) is 1.72. The summed E-state index contributed by atoms with van der Waals surface area (Å²) in [5.41, 5.74) is 3.09. The Morgan fingerprint density at radius 3 is 2.50 bits per heavy atom. The molecule has 0 aromatic heterocycles. The zero-order valence-corrected chi connectivity index (χ0v) is 20.3. The van der Waals surface area contributed by atoms with Gasteiger partial charge in [-0.2, -0.15) is 0 Å². The number of carbonyl (C=O) groups excluding carboxylic acids is 2. The first-order valence-electron chi connectivity index (χ1n) is 10.8. The first kappa shape index (κ1) is 23.9. The second kappa shape index (κ2) is 9.57. The Hall–Kier alpha value is -3.22. The molecular weight excluding hydrogens is 475 g/mol. The fraction of sp³-hybridized carbons (Fsp3) is 0.231. The second-order valence-electron chi connectivity index (χ2n) is 8.52. The predicted molar refractivity (Wildman–Crippen MR) is 133 cm³/mol. The highest BCUT2D eigenvalue weighted by Gasteiger charge is 2.31. The molecule has 0 bridgehead atoms. The molecule has 2 amide bonds. The summed E-state index contributed by atoms with van der Waals surface area (Å²) in [6, 6.07) is 14.4. The van der Waals surface area contributed by atoms with Crippen molar-refractivity contribution in [1.82, 2.24) is 4.90 Å². The van der Waals surface area contributed by atoms with Crippen LogP contribution in [0.1, 0.15) is 45.2 Å². The Morgan fingerprint density at radius 2 is 1.79 bits per heavy atom. The highest BCUT2D eigenvalue weighted by atomic mass is 35.5. The van der Waals surface area contributed by atoms with Crippen molar-refractivity contribution in [3.63, 3.8) is 0 Å². The molecule has 176 valence electrons.